The van der Waals surface area contributed by atoms with Crippen molar-refractivity contribution in [3.8, 4) is 27.7 Å². The number of H-pyrrole nitrogens is 1. The van der Waals surface area contributed by atoms with Crippen molar-refractivity contribution in [2.45, 2.75) is 32.4 Å². The summed E-state index contributed by atoms with van der Waals surface area (Å²) in [5, 5.41) is 12.3. The van der Waals surface area contributed by atoms with E-state index in [4.69, 9.17) is 4.74 Å². The molecular weight excluding hydrogens is 471 g/mol. The standard InChI is InChI=1S/C21H20F3N7O2S/c1-11-20(30-5-3-13(32)4-6-30)34-19(27-11)17-14(8-21(22,23)24)16(28-29-17)12-7-15(33-2)18-25-10-26-31(18)9-12/h7,9-10H,3-6,8H2,1-2H3,(H,28,29). The van der Waals surface area contributed by atoms with Crippen LogP contribution >= 0.6 is 11.3 Å². The zero-order valence-electron chi connectivity index (χ0n) is 18.3. The van der Waals surface area contributed by atoms with Crippen molar-refractivity contribution < 1.29 is 22.7 Å². The van der Waals surface area contributed by atoms with Crippen molar-refractivity contribution in [3.05, 3.63) is 29.8 Å². The number of nitrogens with one attached hydrogen (secondary N) is 1. The number of fused-ring (bicyclic) bond motifs is 1. The Morgan fingerprint density at radius 1 is 1.26 bits per heavy atom. The van der Waals surface area contributed by atoms with Gasteiger partial charge in [0.25, 0.3) is 0 Å². The van der Waals surface area contributed by atoms with E-state index in [1.165, 1.54) is 29.3 Å². The third-order valence-corrected chi connectivity index (χ3v) is 6.90. The van der Waals surface area contributed by atoms with Gasteiger partial charge in [-0.2, -0.15) is 23.4 Å². The number of methoxy groups -OCH3 is 1. The van der Waals surface area contributed by atoms with Crippen LogP contribution in [0.25, 0.3) is 27.6 Å². The SMILES string of the molecule is COc1cc(-c2[nH]nc(-c3nc(C)c(N4CCC(=O)CC4)s3)c2CC(F)(F)F)cn2ncnc12. The molecule has 1 aliphatic heterocycles. The van der Waals surface area contributed by atoms with Crippen LogP contribution in [0.15, 0.2) is 18.6 Å². The number of halogens is 3. The molecule has 0 radical (unpaired) electrons. The van der Waals surface area contributed by atoms with Crippen molar-refractivity contribution in [2.24, 2.45) is 0 Å². The van der Waals surface area contributed by atoms with E-state index in [1.807, 2.05) is 6.92 Å². The molecule has 0 bridgehead atoms. The summed E-state index contributed by atoms with van der Waals surface area (Å²) in [6.07, 6.45) is -1.83. The number of anilines is 1. The molecule has 0 aliphatic carbocycles. The number of hydrogen-bond acceptors (Lipinski definition) is 8. The van der Waals surface area contributed by atoms with E-state index in [2.05, 4.69) is 30.2 Å². The van der Waals surface area contributed by atoms with Gasteiger partial charge in [-0.25, -0.2) is 14.5 Å². The summed E-state index contributed by atoms with van der Waals surface area (Å²) in [7, 11) is 1.46. The predicted molar refractivity (Wildman–Crippen MR) is 119 cm³/mol. The van der Waals surface area contributed by atoms with E-state index in [-0.39, 0.29) is 22.7 Å². The van der Waals surface area contributed by atoms with Crippen LogP contribution in [0, 0.1) is 6.92 Å². The molecule has 1 fully saturated rings. The van der Waals surface area contributed by atoms with Crippen LogP contribution in [-0.2, 0) is 11.2 Å². The second kappa shape index (κ2) is 8.38. The highest BCUT2D eigenvalue weighted by Gasteiger charge is 2.34. The number of rotatable bonds is 5. The number of pyridine rings is 1. The highest BCUT2D eigenvalue weighted by Crippen LogP contribution is 2.40. The first kappa shape index (κ1) is 22.3. The average Bonchev–Trinajstić information content (AvgIpc) is 3.51. The van der Waals surface area contributed by atoms with Crippen LogP contribution in [0.5, 0.6) is 5.75 Å². The molecule has 0 amide bonds. The average molecular weight is 491 g/mol. The van der Waals surface area contributed by atoms with Gasteiger partial charge in [0.2, 0.25) is 0 Å². The molecule has 0 atom stereocenters. The van der Waals surface area contributed by atoms with Crippen LogP contribution in [0.3, 0.4) is 0 Å². The van der Waals surface area contributed by atoms with Gasteiger partial charge in [0.1, 0.15) is 27.8 Å². The summed E-state index contributed by atoms with van der Waals surface area (Å²) in [4.78, 5) is 22.3. The molecule has 1 N–H and O–H groups in total. The van der Waals surface area contributed by atoms with E-state index < -0.39 is 12.6 Å². The lowest BCUT2D eigenvalue weighted by Crippen LogP contribution is -2.33. The first-order valence-electron chi connectivity index (χ1n) is 10.5. The summed E-state index contributed by atoms with van der Waals surface area (Å²) in [6.45, 7) is 2.95. The molecule has 0 unspecified atom stereocenters. The van der Waals surface area contributed by atoms with Crippen molar-refractivity contribution in [1.82, 2.24) is 29.8 Å². The van der Waals surface area contributed by atoms with E-state index in [9.17, 15) is 18.0 Å². The van der Waals surface area contributed by atoms with Crippen LogP contribution in [-0.4, -0.2) is 61.9 Å². The maximum absolute atomic E-state index is 13.6. The minimum atomic E-state index is -4.46. The predicted octanol–water partition coefficient (Wildman–Crippen LogP) is 3.83. The number of nitrogens with zero attached hydrogens (tertiary/aromatic N) is 6. The molecule has 9 nitrogen and oxygen atoms in total. The van der Waals surface area contributed by atoms with Crippen molar-refractivity contribution in [1.29, 1.82) is 0 Å². The normalized spacial score (nSPS) is 14.9. The van der Waals surface area contributed by atoms with Crippen LogP contribution in [0.2, 0.25) is 0 Å². The van der Waals surface area contributed by atoms with Gasteiger partial charge in [0.05, 0.1) is 24.9 Å². The van der Waals surface area contributed by atoms with Gasteiger partial charge in [-0.1, -0.05) is 11.3 Å². The van der Waals surface area contributed by atoms with Crippen molar-refractivity contribution in [3.63, 3.8) is 0 Å². The summed E-state index contributed by atoms with van der Waals surface area (Å²) >= 11 is 1.28. The molecule has 5 rings (SSSR count). The monoisotopic (exact) mass is 491 g/mol. The van der Waals surface area contributed by atoms with Gasteiger partial charge >= 0.3 is 6.18 Å². The minimum absolute atomic E-state index is 0.0110. The number of alkyl halides is 3. The fourth-order valence-electron chi connectivity index (χ4n) is 4.08. The maximum Gasteiger partial charge on any atom is 0.393 e. The second-order valence-corrected chi connectivity index (χ2v) is 8.96. The first-order valence-corrected chi connectivity index (χ1v) is 11.3. The fraction of sp³-hybridized carbons (Fsp3) is 0.381. The highest BCUT2D eigenvalue weighted by atomic mass is 32.1. The third-order valence-electron chi connectivity index (χ3n) is 5.68. The van der Waals surface area contributed by atoms with E-state index in [0.29, 0.717) is 53.6 Å². The van der Waals surface area contributed by atoms with E-state index in [1.54, 1.807) is 12.3 Å². The number of carbonyl (C=O) groups is 1. The number of aromatic nitrogens is 6. The highest BCUT2D eigenvalue weighted by molar-refractivity contribution is 7.19. The number of ketones is 1. The second-order valence-electron chi connectivity index (χ2n) is 7.98. The Morgan fingerprint density at radius 2 is 2.03 bits per heavy atom. The molecule has 4 aromatic rings. The number of aryl methyl sites for hydroxylation is 1. The Morgan fingerprint density at radius 3 is 2.74 bits per heavy atom. The topological polar surface area (TPSA) is 101 Å². The van der Waals surface area contributed by atoms with Crippen molar-refractivity contribution >= 4 is 27.8 Å². The van der Waals surface area contributed by atoms with E-state index in [0.717, 1.165) is 5.00 Å². The zero-order chi connectivity index (χ0) is 24.0. The Balaban J connectivity index is 1.60. The molecule has 13 heteroatoms. The number of aromatic amines is 1. The Hall–Kier alpha value is -3.48. The number of carbonyl (C=O) groups excluding carboxylic acids is 1. The molecule has 5 heterocycles. The number of ether oxygens (including phenoxy) is 1. The van der Waals surface area contributed by atoms with Gasteiger partial charge in [-0.05, 0) is 13.0 Å². The molecule has 1 aliphatic rings. The number of thiazole rings is 1. The van der Waals surface area contributed by atoms with Gasteiger partial charge in [-0.3, -0.25) is 9.89 Å². The first-order chi connectivity index (χ1) is 16.2. The minimum Gasteiger partial charge on any atom is -0.493 e. The Bertz CT molecular complexity index is 1360. The number of piperidine rings is 1. The summed E-state index contributed by atoms with van der Waals surface area (Å²) < 4.78 is 47.7. The Kier molecular flexibility index (Phi) is 5.50. The van der Waals surface area contributed by atoms with Gasteiger partial charge < -0.3 is 9.64 Å². The maximum atomic E-state index is 13.6. The summed E-state index contributed by atoms with van der Waals surface area (Å²) in [6, 6.07) is 1.60. The third kappa shape index (κ3) is 4.11. The lowest BCUT2D eigenvalue weighted by Gasteiger charge is -2.26. The summed E-state index contributed by atoms with van der Waals surface area (Å²) in [5.74, 6) is 0.582. The largest absolute Gasteiger partial charge is 0.493 e. The van der Waals surface area contributed by atoms with Crippen LogP contribution < -0.4 is 9.64 Å². The molecule has 0 spiro atoms. The molecule has 34 heavy (non-hydrogen) atoms. The van der Waals surface area contributed by atoms with Crippen LogP contribution in [0.4, 0.5) is 18.2 Å². The van der Waals surface area contributed by atoms with E-state index >= 15 is 0 Å². The molecule has 178 valence electrons. The molecule has 4 aromatic heterocycles. The molecular formula is C21H20F3N7O2S. The lowest BCUT2D eigenvalue weighted by molar-refractivity contribution is -0.127. The van der Waals surface area contributed by atoms with Gasteiger partial charge in [-0.15, -0.1) is 0 Å². The van der Waals surface area contributed by atoms with Gasteiger partial charge in [0.15, 0.2) is 11.4 Å². The smallest absolute Gasteiger partial charge is 0.393 e. The molecule has 1 saturated heterocycles. The molecule has 0 aromatic carbocycles. The van der Waals surface area contributed by atoms with Crippen LogP contribution in [0.1, 0.15) is 24.1 Å². The molecule has 0 saturated carbocycles. The van der Waals surface area contributed by atoms with Gasteiger partial charge in [0, 0.05) is 43.3 Å². The number of hydrogen-bond donors (Lipinski definition) is 1. The Labute approximate surface area is 195 Å². The number of Topliss-reactive ketones (excluding diaryl/α,β-unsaturated/α-hetero) is 1. The zero-order valence-corrected chi connectivity index (χ0v) is 19.1. The summed E-state index contributed by atoms with van der Waals surface area (Å²) in [5.41, 5.74) is 1.92. The quantitative estimate of drug-likeness (QED) is 0.453. The lowest BCUT2D eigenvalue weighted by atomic mass is 10.0. The fourth-order valence-corrected chi connectivity index (χ4v) is 5.21. The van der Waals surface area contributed by atoms with Crippen molar-refractivity contribution in [2.75, 3.05) is 25.1 Å².